The fraction of sp³-hybridized carbons (Fsp3) is 0.619. The number of esters is 1. The van der Waals surface area contributed by atoms with E-state index in [-0.39, 0.29) is 70.9 Å². The van der Waals surface area contributed by atoms with Gasteiger partial charge < -0.3 is 58.5 Å². The van der Waals surface area contributed by atoms with Crippen LogP contribution in [0.15, 0.2) is 24.3 Å². The minimum atomic E-state index is -1.76. The number of rotatable bonds is 9. The molecule has 0 radical (unpaired) electrons. The number of phenolic OH excluding ortho intramolecular Hbond substituents is 2. The summed E-state index contributed by atoms with van der Waals surface area (Å²) in [6.45, 7) is 6.95. The number of aliphatic hydroxyl groups excluding tert-OH is 1. The molecule has 16 nitrogen and oxygen atoms in total. The van der Waals surface area contributed by atoms with Crippen molar-refractivity contribution in [3.63, 3.8) is 0 Å². The first-order valence-electron chi connectivity index (χ1n) is 19.9. The summed E-state index contributed by atoms with van der Waals surface area (Å²) in [6.07, 6.45) is -6.64. The Balaban J connectivity index is 1.13. The van der Waals surface area contributed by atoms with Crippen molar-refractivity contribution < 1.29 is 72.8 Å². The number of fused-ring (bicyclic) bond motifs is 3. The average Bonchev–Trinajstić information content (AvgIpc) is 3.17. The van der Waals surface area contributed by atoms with E-state index in [4.69, 9.17) is 33.2 Å². The van der Waals surface area contributed by atoms with Crippen LogP contribution >= 0.6 is 0 Å². The van der Waals surface area contributed by atoms with Crippen molar-refractivity contribution in [3.8, 4) is 11.5 Å². The number of aliphatic hydroxyl groups is 2. The van der Waals surface area contributed by atoms with Crippen LogP contribution in [0.5, 0.6) is 11.5 Å². The lowest BCUT2D eigenvalue weighted by Crippen LogP contribution is -2.58. The maximum absolute atomic E-state index is 13.9. The lowest BCUT2D eigenvalue weighted by atomic mass is 9.67. The summed E-state index contributed by atoms with van der Waals surface area (Å²) in [4.78, 5) is 55.0. The molecule has 2 aliphatic carbocycles. The maximum atomic E-state index is 13.9. The highest BCUT2D eigenvalue weighted by Gasteiger charge is 2.53. The van der Waals surface area contributed by atoms with E-state index in [1.54, 1.807) is 27.7 Å². The van der Waals surface area contributed by atoms with Crippen LogP contribution in [-0.4, -0.2) is 137 Å². The summed E-state index contributed by atoms with van der Waals surface area (Å²) >= 11 is 0. The van der Waals surface area contributed by atoms with Crippen LogP contribution in [0.3, 0.4) is 0 Å². The van der Waals surface area contributed by atoms with Gasteiger partial charge in [0.2, 0.25) is 5.78 Å². The van der Waals surface area contributed by atoms with Gasteiger partial charge in [-0.25, -0.2) is 0 Å². The zero-order valence-electron chi connectivity index (χ0n) is 33.7. The molecule has 0 aromatic heterocycles. The molecular formula is C42H53NO15. The molecule has 0 spiro atoms. The molecule has 316 valence electrons. The Kier molecular flexibility index (Phi) is 11.9. The number of nitrogens with zero attached hydrogens (tertiary/aromatic N) is 1. The quantitative estimate of drug-likeness (QED) is 0.228. The molecule has 3 heterocycles. The molecule has 3 saturated heterocycles. The van der Waals surface area contributed by atoms with Gasteiger partial charge in [0, 0.05) is 54.8 Å². The van der Waals surface area contributed by atoms with E-state index >= 15 is 0 Å². The third-order valence-electron chi connectivity index (χ3n) is 12.4. The number of carbonyl (C=O) groups excluding carboxylic acids is 4. The summed E-state index contributed by atoms with van der Waals surface area (Å²) in [7, 11) is 4.91. The lowest BCUT2D eigenvalue weighted by Gasteiger charge is -2.48. The number of carbonyl (C=O) groups is 4. The number of likely N-dealkylation sites (N-methyl/N-ethyl adjacent to an activating group) is 1. The molecule has 7 rings (SSSR count). The van der Waals surface area contributed by atoms with Crippen molar-refractivity contribution >= 4 is 23.3 Å². The van der Waals surface area contributed by atoms with E-state index in [2.05, 4.69) is 0 Å². The Morgan fingerprint density at radius 1 is 0.897 bits per heavy atom. The van der Waals surface area contributed by atoms with Crippen molar-refractivity contribution in [2.24, 2.45) is 0 Å². The van der Waals surface area contributed by atoms with E-state index in [1.165, 1.54) is 31.4 Å². The minimum absolute atomic E-state index is 0.00573. The van der Waals surface area contributed by atoms with Crippen LogP contribution in [0, 0.1) is 0 Å². The van der Waals surface area contributed by atoms with E-state index in [1.807, 2.05) is 19.0 Å². The smallest absolute Gasteiger partial charge is 0.316 e. The monoisotopic (exact) mass is 811 g/mol. The number of hydrogen-bond donors (Lipinski definition) is 4. The molecular weight excluding hydrogens is 758 g/mol. The van der Waals surface area contributed by atoms with Crippen LogP contribution in [0.1, 0.15) is 121 Å². The number of aromatic hydroxyl groups is 2. The Bertz CT molecular complexity index is 1940. The van der Waals surface area contributed by atoms with Gasteiger partial charge in [-0.15, -0.1) is 0 Å². The van der Waals surface area contributed by atoms with Crippen LogP contribution in [0.2, 0.25) is 0 Å². The number of ketones is 3. The Morgan fingerprint density at radius 3 is 2.21 bits per heavy atom. The predicted molar refractivity (Wildman–Crippen MR) is 201 cm³/mol. The Hall–Kier alpha value is -3.84. The molecule has 4 N–H and O–H groups in total. The molecule has 16 heteroatoms. The highest BCUT2D eigenvalue weighted by molar-refractivity contribution is 6.30. The lowest BCUT2D eigenvalue weighted by molar-refractivity contribution is -0.324. The minimum Gasteiger partial charge on any atom is -0.507 e. The molecule has 3 aliphatic heterocycles. The maximum Gasteiger partial charge on any atom is 0.316 e. The summed E-state index contributed by atoms with van der Waals surface area (Å²) in [6, 6.07) is 5.11. The SMILES string of the molecule is CC[C@@]1(O)C[C@H](O[C@H]2C[C@H](N(C)C)[C@H](O[C@@H]3C[C@@H](O)[C@@H](O[C@@H]4CCC(=O)[C@H](C)O4)[C@@H](C)O3)[C@@H](C)O2)c2c(cc3c(c2O)C(=O)c2c(O)cccc2C3=O)[C@H]1C(=O)OC. The molecule has 0 amide bonds. The first-order chi connectivity index (χ1) is 27.5. The molecule has 13 atom stereocenters. The number of methoxy groups -OCH3 is 1. The number of phenols is 2. The largest absolute Gasteiger partial charge is 0.507 e. The number of ether oxygens (including phenoxy) is 7. The molecule has 2 aromatic rings. The first kappa shape index (κ1) is 42.3. The Labute approximate surface area is 336 Å². The normalized spacial score (nSPS) is 36.3. The predicted octanol–water partition coefficient (Wildman–Crippen LogP) is 3.16. The summed E-state index contributed by atoms with van der Waals surface area (Å²) in [5.41, 5.74) is -2.49. The van der Waals surface area contributed by atoms with Crippen LogP contribution in [0.4, 0.5) is 0 Å². The highest BCUT2D eigenvalue weighted by Crippen LogP contribution is 2.54. The topological polar surface area (TPSA) is 217 Å². The van der Waals surface area contributed by atoms with E-state index in [0.29, 0.717) is 12.8 Å². The third-order valence-corrected chi connectivity index (χ3v) is 12.4. The van der Waals surface area contributed by atoms with Crippen molar-refractivity contribution in [1.82, 2.24) is 4.90 Å². The first-order valence-corrected chi connectivity index (χ1v) is 19.9. The van der Waals surface area contributed by atoms with Crippen LogP contribution in [0.25, 0.3) is 0 Å². The van der Waals surface area contributed by atoms with Gasteiger partial charge in [-0.3, -0.25) is 19.2 Å². The van der Waals surface area contributed by atoms with Crippen molar-refractivity contribution in [2.45, 2.75) is 145 Å². The van der Waals surface area contributed by atoms with Gasteiger partial charge in [0.15, 0.2) is 30.4 Å². The molecule has 0 saturated carbocycles. The van der Waals surface area contributed by atoms with E-state index in [0.717, 1.165) is 0 Å². The fourth-order valence-electron chi connectivity index (χ4n) is 9.27. The fourth-order valence-corrected chi connectivity index (χ4v) is 9.27. The van der Waals surface area contributed by atoms with Gasteiger partial charge >= 0.3 is 5.97 Å². The molecule has 58 heavy (non-hydrogen) atoms. The molecule has 3 fully saturated rings. The van der Waals surface area contributed by atoms with Gasteiger partial charge in [-0.05, 0) is 59.0 Å². The zero-order valence-corrected chi connectivity index (χ0v) is 33.7. The molecule has 5 aliphatic rings. The molecule has 0 bridgehead atoms. The number of Topliss-reactive ketones (excluding diaryl/α,β-unsaturated/α-hetero) is 1. The van der Waals surface area contributed by atoms with Crippen LogP contribution in [-0.2, 0) is 42.7 Å². The summed E-state index contributed by atoms with van der Waals surface area (Å²) in [5.74, 6) is -4.59. The second-order valence-corrected chi connectivity index (χ2v) is 16.3. The molecule has 2 aromatic carbocycles. The average molecular weight is 812 g/mol. The number of hydrogen-bond acceptors (Lipinski definition) is 16. The van der Waals surface area contributed by atoms with Crippen molar-refractivity contribution in [3.05, 3.63) is 57.6 Å². The van der Waals surface area contributed by atoms with E-state index < -0.39 is 102 Å². The standard InChI is InChI=1S/C42H53NO15/c1-8-42(51)17-28(33-22(35(42)41(50)52-7)14-23-34(38(33)49)37(48)32-21(36(23)47)10-9-11-26(32)45)56-30-15-24(43(5)6)39(19(3)54-30)58-31-16-27(46)40(20(4)55-31)57-29-13-12-25(44)18(2)53-29/h9-11,14,18-20,24,27-31,35,39-40,45-46,49,51H,8,12-13,15-17H2,1-7H3/t18-,19+,20+,24-,27+,28-,29+,30-,31+,35-,39+,40-,42+/m0/s1. The van der Waals surface area contributed by atoms with Gasteiger partial charge in [0.05, 0.1) is 48.3 Å². The van der Waals surface area contributed by atoms with Gasteiger partial charge in [-0.2, -0.15) is 0 Å². The van der Waals surface area contributed by atoms with Crippen LogP contribution < -0.4 is 0 Å². The van der Waals surface area contributed by atoms with Crippen molar-refractivity contribution in [1.29, 1.82) is 0 Å². The Morgan fingerprint density at radius 2 is 1.57 bits per heavy atom. The highest BCUT2D eigenvalue weighted by atomic mass is 16.7. The third kappa shape index (κ3) is 7.47. The molecule has 0 unspecified atom stereocenters. The van der Waals surface area contributed by atoms with Gasteiger partial charge in [-0.1, -0.05) is 19.1 Å². The zero-order chi connectivity index (χ0) is 42.0. The van der Waals surface area contributed by atoms with Crippen molar-refractivity contribution in [2.75, 3.05) is 21.2 Å². The number of benzene rings is 2. The summed E-state index contributed by atoms with van der Waals surface area (Å²) in [5, 5.41) is 45.9. The summed E-state index contributed by atoms with van der Waals surface area (Å²) < 4.78 is 42.6. The van der Waals surface area contributed by atoms with E-state index in [9.17, 15) is 39.6 Å². The van der Waals surface area contributed by atoms with Gasteiger partial charge in [0.25, 0.3) is 0 Å². The van der Waals surface area contributed by atoms with Gasteiger partial charge in [0.1, 0.15) is 35.7 Å². The second-order valence-electron chi connectivity index (χ2n) is 16.3. The second kappa shape index (κ2) is 16.3.